The number of nitrogens with one attached hydrogen (secondary N) is 2. The smallest absolute Gasteiger partial charge is 0.312 e. The average molecular weight is 299 g/mol. The molecular weight excluding hydrogens is 282 g/mol. The molecule has 1 aliphatic rings. The lowest BCUT2D eigenvalue weighted by Gasteiger charge is -2.10. The molecule has 8 heteroatoms. The molecule has 7 nitrogen and oxygen atoms in total. The summed E-state index contributed by atoms with van der Waals surface area (Å²) in [4.78, 5) is 10.2. The number of benzene rings is 1. The highest BCUT2D eigenvalue weighted by Crippen LogP contribution is 2.35. The molecule has 2 atom stereocenters. The summed E-state index contributed by atoms with van der Waals surface area (Å²) in [7, 11) is -3.88. The minimum absolute atomic E-state index is 0.123. The maximum atomic E-state index is 12.3. The second-order valence-corrected chi connectivity index (χ2v) is 6.56. The molecule has 0 heterocycles. The van der Waals surface area contributed by atoms with Gasteiger partial charge in [-0.2, -0.15) is 0 Å². The van der Waals surface area contributed by atoms with Crippen LogP contribution in [-0.4, -0.2) is 25.9 Å². The topological polar surface area (TPSA) is 101 Å². The third-order valence-electron chi connectivity index (χ3n) is 3.25. The van der Waals surface area contributed by atoms with Crippen molar-refractivity contribution in [3.63, 3.8) is 0 Å². The molecule has 0 radical (unpaired) electrons. The Balaban J connectivity index is 2.44. The first-order valence-electron chi connectivity index (χ1n) is 6.40. The van der Waals surface area contributed by atoms with Gasteiger partial charge < -0.3 is 5.32 Å². The van der Waals surface area contributed by atoms with E-state index in [1.165, 1.54) is 18.2 Å². The van der Waals surface area contributed by atoms with Crippen LogP contribution in [0.15, 0.2) is 23.1 Å². The summed E-state index contributed by atoms with van der Waals surface area (Å²) in [5, 5.41) is 14.0. The molecule has 0 aromatic heterocycles. The average Bonchev–Trinajstić information content (AvgIpc) is 3.03. The molecule has 0 bridgehead atoms. The highest BCUT2D eigenvalue weighted by molar-refractivity contribution is 7.89. The zero-order valence-electron chi connectivity index (χ0n) is 11.3. The second-order valence-electron chi connectivity index (χ2n) is 4.88. The summed E-state index contributed by atoms with van der Waals surface area (Å²) < 4.78 is 27.0. The fraction of sp³-hybridized carbons (Fsp3) is 0.500. The predicted octanol–water partition coefficient (Wildman–Crippen LogP) is 1.71. The largest absolute Gasteiger partial charge is 0.380 e. The number of para-hydroxylation sites is 1. The summed E-state index contributed by atoms with van der Waals surface area (Å²) in [6.45, 7) is 4.18. The van der Waals surface area contributed by atoms with E-state index in [9.17, 15) is 18.5 Å². The van der Waals surface area contributed by atoms with E-state index in [0.29, 0.717) is 6.54 Å². The van der Waals surface area contributed by atoms with Crippen LogP contribution in [0.5, 0.6) is 0 Å². The Hall–Kier alpha value is -1.67. The van der Waals surface area contributed by atoms with E-state index in [4.69, 9.17) is 0 Å². The van der Waals surface area contributed by atoms with Crippen LogP contribution < -0.4 is 10.0 Å². The molecule has 110 valence electrons. The summed E-state index contributed by atoms with van der Waals surface area (Å²) in [5.74, 6) is 0.279. The van der Waals surface area contributed by atoms with Crippen molar-refractivity contribution in [1.82, 2.24) is 4.72 Å². The fourth-order valence-corrected chi connectivity index (χ4v) is 3.56. The Morgan fingerprint density at radius 1 is 1.45 bits per heavy atom. The lowest BCUT2D eigenvalue weighted by molar-refractivity contribution is -0.386. The van der Waals surface area contributed by atoms with Crippen LogP contribution in [0.2, 0.25) is 0 Å². The molecule has 1 aromatic carbocycles. The number of nitro benzene ring substituents is 1. The quantitative estimate of drug-likeness (QED) is 0.615. The van der Waals surface area contributed by atoms with E-state index in [-0.39, 0.29) is 22.5 Å². The molecule has 2 unspecified atom stereocenters. The molecule has 1 aromatic rings. The first-order valence-corrected chi connectivity index (χ1v) is 7.88. The molecule has 2 rings (SSSR count). The van der Waals surface area contributed by atoms with Gasteiger partial charge in [0.25, 0.3) is 0 Å². The number of hydrogen-bond acceptors (Lipinski definition) is 5. The molecule has 20 heavy (non-hydrogen) atoms. The normalized spacial score (nSPS) is 21.5. The Morgan fingerprint density at radius 3 is 2.60 bits per heavy atom. The first kappa shape index (κ1) is 14.7. The minimum Gasteiger partial charge on any atom is -0.380 e. The monoisotopic (exact) mass is 299 g/mol. The van der Waals surface area contributed by atoms with Crippen molar-refractivity contribution in [2.45, 2.75) is 31.2 Å². The summed E-state index contributed by atoms with van der Waals surface area (Å²) in [6.07, 6.45) is 0.764. The van der Waals surface area contributed by atoms with Crippen LogP contribution in [0.3, 0.4) is 0 Å². The van der Waals surface area contributed by atoms with Crippen molar-refractivity contribution in [2.24, 2.45) is 5.92 Å². The van der Waals surface area contributed by atoms with Gasteiger partial charge in [-0.05, 0) is 31.4 Å². The van der Waals surface area contributed by atoms with Gasteiger partial charge in [0.1, 0.15) is 5.69 Å². The molecule has 1 aliphatic carbocycles. The number of sulfonamides is 1. The molecule has 0 aliphatic heterocycles. The van der Waals surface area contributed by atoms with Gasteiger partial charge in [0, 0.05) is 12.6 Å². The van der Waals surface area contributed by atoms with Crippen molar-refractivity contribution in [3.05, 3.63) is 28.3 Å². The molecular formula is C12H17N3O4S. The number of anilines is 1. The van der Waals surface area contributed by atoms with Crippen molar-refractivity contribution >= 4 is 21.4 Å². The lowest BCUT2D eigenvalue weighted by atomic mass is 10.2. The maximum absolute atomic E-state index is 12.3. The van der Waals surface area contributed by atoms with E-state index in [1.807, 2.05) is 6.92 Å². The predicted molar refractivity (Wildman–Crippen MR) is 75.2 cm³/mol. The number of hydrogen-bond donors (Lipinski definition) is 2. The minimum atomic E-state index is -3.88. The van der Waals surface area contributed by atoms with Gasteiger partial charge in [-0.1, -0.05) is 13.0 Å². The first-order chi connectivity index (χ1) is 9.36. The van der Waals surface area contributed by atoms with Crippen molar-refractivity contribution < 1.29 is 13.3 Å². The Bertz CT molecular complexity index is 630. The van der Waals surface area contributed by atoms with Gasteiger partial charge in [-0.3, -0.25) is 10.1 Å². The summed E-state index contributed by atoms with van der Waals surface area (Å²) in [6, 6.07) is 4.13. The zero-order chi connectivity index (χ0) is 14.9. The Labute approximate surface area is 117 Å². The number of rotatable bonds is 6. The molecule has 1 saturated carbocycles. The summed E-state index contributed by atoms with van der Waals surface area (Å²) in [5.41, 5.74) is -0.195. The van der Waals surface area contributed by atoms with Crippen LogP contribution in [0.4, 0.5) is 11.4 Å². The van der Waals surface area contributed by atoms with Gasteiger partial charge in [0.2, 0.25) is 10.0 Å². The van der Waals surface area contributed by atoms with Crippen molar-refractivity contribution in [3.8, 4) is 0 Å². The molecule has 0 spiro atoms. The third-order valence-corrected chi connectivity index (χ3v) is 4.78. The van der Waals surface area contributed by atoms with Crippen LogP contribution >= 0.6 is 0 Å². The second kappa shape index (κ2) is 5.37. The highest BCUT2D eigenvalue weighted by Gasteiger charge is 2.39. The summed E-state index contributed by atoms with van der Waals surface area (Å²) >= 11 is 0. The lowest BCUT2D eigenvalue weighted by Crippen LogP contribution is -2.27. The fourth-order valence-electron chi connectivity index (χ4n) is 2.01. The SMILES string of the molecule is CCNc1cccc(S(=O)(=O)NC2CC2C)c1[N+](=O)[O-]. The Kier molecular flexibility index (Phi) is 3.96. The van der Waals surface area contributed by atoms with Crippen LogP contribution in [0.25, 0.3) is 0 Å². The van der Waals surface area contributed by atoms with Crippen molar-refractivity contribution in [2.75, 3.05) is 11.9 Å². The molecule has 2 N–H and O–H groups in total. The van der Waals surface area contributed by atoms with E-state index in [2.05, 4.69) is 10.0 Å². The highest BCUT2D eigenvalue weighted by atomic mass is 32.2. The van der Waals surface area contributed by atoms with E-state index in [0.717, 1.165) is 6.42 Å². The number of nitrogens with zero attached hydrogens (tertiary/aromatic N) is 1. The molecule has 0 amide bonds. The Morgan fingerprint density at radius 2 is 2.10 bits per heavy atom. The van der Waals surface area contributed by atoms with Gasteiger partial charge in [0.05, 0.1) is 4.92 Å². The van der Waals surface area contributed by atoms with Crippen LogP contribution in [0.1, 0.15) is 20.3 Å². The van der Waals surface area contributed by atoms with Gasteiger partial charge >= 0.3 is 5.69 Å². The standard InChI is InChI=1S/C12H17N3O4S/c1-3-13-9-5-4-6-11(12(9)15(16)17)20(18,19)14-10-7-8(10)2/h4-6,8,10,13-14H,3,7H2,1-2H3. The molecule has 1 fully saturated rings. The maximum Gasteiger partial charge on any atom is 0.312 e. The van der Waals surface area contributed by atoms with E-state index in [1.54, 1.807) is 6.92 Å². The van der Waals surface area contributed by atoms with E-state index >= 15 is 0 Å². The van der Waals surface area contributed by atoms with Crippen LogP contribution in [-0.2, 0) is 10.0 Å². The van der Waals surface area contributed by atoms with Crippen molar-refractivity contribution in [1.29, 1.82) is 0 Å². The number of nitro groups is 1. The van der Waals surface area contributed by atoms with Gasteiger partial charge in [-0.15, -0.1) is 0 Å². The van der Waals surface area contributed by atoms with E-state index < -0.39 is 20.6 Å². The van der Waals surface area contributed by atoms with Gasteiger partial charge in [-0.25, -0.2) is 13.1 Å². The van der Waals surface area contributed by atoms with Gasteiger partial charge in [0.15, 0.2) is 4.90 Å². The molecule has 0 saturated heterocycles. The third kappa shape index (κ3) is 2.91. The van der Waals surface area contributed by atoms with Crippen LogP contribution in [0, 0.1) is 16.0 Å². The zero-order valence-corrected chi connectivity index (χ0v) is 12.1.